The summed E-state index contributed by atoms with van der Waals surface area (Å²) in [6, 6.07) is 2.31. The molecule has 0 amide bonds. The molecule has 1 aromatic rings. The van der Waals surface area contributed by atoms with Crippen LogP contribution in [0, 0.1) is 0 Å². The zero-order valence-electron chi connectivity index (χ0n) is 9.79. The third-order valence-corrected chi connectivity index (χ3v) is 3.13. The lowest BCUT2D eigenvalue weighted by Crippen LogP contribution is -2.17. The van der Waals surface area contributed by atoms with Gasteiger partial charge in [-0.1, -0.05) is 0 Å². The highest BCUT2D eigenvalue weighted by Gasteiger charge is 2.12. The highest BCUT2D eigenvalue weighted by Crippen LogP contribution is 2.14. The molecule has 15 heavy (non-hydrogen) atoms. The van der Waals surface area contributed by atoms with E-state index >= 15 is 0 Å². The lowest BCUT2D eigenvalue weighted by molar-refractivity contribution is 0.331. The number of hydrogen-bond acceptors (Lipinski definition) is 2. The summed E-state index contributed by atoms with van der Waals surface area (Å²) in [4.78, 5) is 2.54. The topological polar surface area (TPSA) is 20.2 Å². The summed E-state index contributed by atoms with van der Waals surface area (Å²) in [5.41, 5.74) is 2.82. The lowest BCUT2D eigenvalue weighted by atomic mass is 10.3. The maximum absolute atomic E-state index is 3.20. The molecule has 0 radical (unpaired) electrons. The van der Waals surface area contributed by atoms with Gasteiger partial charge in [-0.05, 0) is 44.6 Å². The molecule has 0 aromatic carbocycles. The third kappa shape index (κ3) is 2.61. The summed E-state index contributed by atoms with van der Waals surface area (Å²) in [6.07, 6.45) is 5.00. The highest BCUT2D eigenvalue weighted by atomic mass is 15.1. The van der Waals surface area contributed by atoms with Crippen molar-refractivity contribution in [3.8, 4) is 0 Å². The summed E-state index contributed by atoms with van der Waals surface area (Å²) in [5.74, 6) is 0. The molecule has 0 saturated carbocycles. The molecule has 0 unspecified atom stereocenters. The van der Waals surface area contributed by atoms with E-state index in [-0.39, 0.29) is 0 Å². The smallest absolute Gasteiger partial charge is 0.0356 e. The van der Waals surface area contributed by atoms with E-state index in [1.54, 1.807) is 0 Å². The van der Waals surface area contributed by atoms with Gasteiger partial charge in [0.2, 0.25) is 0 Å². The van der Waals surface area contributed by atoms with Crippen LogP contribution in [0.3, 0.4) is 0 Å². The summed E-state index contributed by atoms with van der Waals surface area (Å²) in [6.45, 7) is 4.63. The van der Waals surface area contributed by atoms with Crippen molar-refractivity contribution >= 4 is 0 Å². The summed E-state index contributed by atoms with van der Waals surface area (Å²) < 4.78 is 2.22. The minimum absolute atomic E-state index is 0.955. The first-order chi connectivity index (χ1) is 7.29. The van der Waals surface area contributed by atoms with Crippen molar-refractivity contribution in [3.63, 3.8) is 0 Å². The number of rotatable bonds is 4. The van der Waals surface area contributed by atoms with Crippen molar-refractivity contribution in [1.29, 1.82) is 0 Å². The van der Waals surface area contributed by atoms with E-state index in [1.165, 1.54) is 37.2 Å². The molecule has 0 atom stereocenters. The zero-order valence-corrected chi connectivity index (χ0v) is 9.79. The van der Waals surface area contributed by atoms with Crippen LogP contribution in [-0.2, 0) is 20.1 Å². The number of aryl methyl sites for hydroxylation is 1. The van der Waals surface area contributed by atoms with Crippen LogP contribution in [0.1, 0.15) is 24.1 Å². The van der Waals surface area contributed by atoms with Gasteiger partial charge in [-0.25, -0.2) is 0 Å². The minimum Gasteiger partial charge on any atom is -0.353 e. The van der Waals surface area contributed by atoms with Crippen LogP contribution in [0.4, 0.5) is 0 Å². The Labute approximate surface area is 92.1 Å². The van der Waals surface area contributed by atoms with Gasteiger partial charge in [0, 0.05) is 32.0 Å². The van der Waals surface area contributed by atoms with Crippen LogP contribution in [0.2, 0.25) is 0 Å². The van der Waals surface area contributed by atoms with Gasteiger partial charge in [0.05, 0.1) is 0 Å². The predicted molar refractivity (Wildman–Crippen MR) is 62.7 cm³/mol. The number of aromatic nitrogens is 1. The largest absolute Gasteiger partial charge is 0.353 e. The van der Waals surface area contributed by atoms with Crippen molar-refractivity contribution in [3.05, 3.63) is 23.5 Å². The molecular formula is C12H21N3. The fraction of sp³-hybridized carbons (Fsp3) is 0.667. The Morgan fingerprint density at radius 3 is 2.73 bits per heavy atom. The van der Waals surface area contributed by atoms with Crippen LogP contribution < -0.4 is 5.32 Å². The molecule has 3 heteroatoms. The van der Waals surface area contributed by atoms with Crippen LogP contribution in [0.15, 0.2) is 12.3 Å². The Hall–Kier alpha value is -0.800. The van der Waals surface area contributed by atoms with E-state index in [1.807, 2.05) is 7.05 Å². The molecule has 2 rings (SSSR count). The summed E-state index contributed by atoms with van der Waals surface area (Å²) in [7, 11) is 4.12. The van der Waals surface area contributed by atoms with Crippen LogP contribution in [-0.4, -0.2) is 29.6 Å². The van der Waals surface area contributed by atoms with Gasteiger partial charge in [-0.3, -0.25) is 4.90 Å². The highest BCUT2D eigenvalue weighted by molar-refractivity contribution is 5.18. The molecule has 1 saturated heterocycles. The lowest BCUT2D eigenvalue weighted by Gasteiger charge is -2.12. The van der Waals surface area contributed by atoms with E-state index in [9.17, 15) is 0 Å². The molecule has 0 spiro atoms. The molecule has 1 aliphatic heterocycles. The monoisotopic (exact) mass is 207 g/mol. The van der Waals surface area contributed by atoms with Crippen molar-refractivity contribution in [2.24, 2.45) is 7.05 Å². The van der Waals surface area contributed by atoms with E-state index in [2.05, 4.69) is 34.1 Å². The fourth-order valence-electron chi connectivity index (χ4n) is 2.33. The predicted octanol–water partition coefficient (Wildman–Crippen LogP) is 1.34. The Kier molecular flexibility index (Phi) is 3.44. The van der Waals surface area contributed by atoms with Crippen LogP contribution >= 0.6 is 0 Å². The first-order valence-corrected chi connectivity index (χ1v) is 5.80. The van der Waals surface area contributed by atoms with E-state index in [4.69, 9.17) is 0 Å². The second-order valence-corrected chi connectivity index (χ2v) is 4.46. The number of nitrogens with zero attached hydrogens (tertiary/aromatic N) is 2. The van der Waals surface area contributed by atoms with E-state index in [0.717, 1.165) is 13.1 Å². The van der Waals surface area contributed by atoms with Crippen molar-refractivity contribution in [2.45, 2.75) is 25.9 Å². The Balaban J connectivity index is 1.98. The maximum atomic E-state index is 3.20. The number of nitrogens with one attached hydrogen (secondary N) is 1. The van der Waals surface area contributed by atoms with Crippen molar-refractivity contribution in [1.82, 2.24) is 14.8 Å². The quantitative estimate of drug-likeness (QED) is 0.804. The van der Waals surface area contributed by atoms with Gasteiger partial charge in [-0.15, -0.1) is 0 Å². The molecule has 1 aliphatic rings. The molecule has 3 nitrogen and oxygen atoms in total. The third-order valence-electron chi connectivity index (χ3n) is 3.13. The first kappa shape index (κ1) is 10.7. The van der Waals surface area contributed by atoms with Gasteiger partial charge in [0.1, 0.15) is 0 Å². The second kappa shape index (κ2) is 4.81. The van der Waals surface area contributed by atoms with Crippen LogP contribution in [0.25, 0.3) is 0 Å². The first-order valence-electron chi connectivity index (χ1n) is 5.80. The summed E-state index contributed by atoms with van der Waals surface area (Å²) >= 11 is 0. The number of likely N-dealkylation sites (tertiary alicyclic amines) is 1. The van der Waals surface area contributed by atoms with E-state index in [0.29, 0.717) is 0 Å². The second-order valence-electron chi connectivity index (χ2n) is 4.46. The normalized spacial score (nSPS) is 17.5. The SMILES string of the molecule is CNCc1cc(CN2CCCC2)cn1C. The van der Waals surface area contributed by atoms with Crippen LogP contribution in [0.5, 0.6) is 0 Å². The van der Waals surface area contributed by atoms with Gasteiger partial charge in [-0.2, -0.15) is 0 Å². The van der Waals surface area contributed by atoms with Gasteiger partial charge >= 0.3 is 0 Å². The molecule has 0 bridgehead atoms. The van der Waals surface area contributed by atoms with Crippen molar-refractivity contribution in [2.75, 3.05) is 20.1 Å². The van der Waals surface area contributed by atoms with Gasteiger partial charge in [0.25, 0.3) is 0 Å². The Morgan fingerprint density at radius 1 is 1.33 bits per heavy atom. The Morgan fingerprint density at radius 2 is 2.07 bits per heavy atom. The molecule has 0 aliphatic carbocycles. The molecule has 2 heterocycles. The standard InChI is InChI=1S/C12H21N3/c1-13-8-12-7-11(9-14(12)2)10-15-5-3-4-6-15/h7,9,13H,3-6,8,10H2,1-2H3. The average Bonchev–Trinajstić information content (AvgIpc) is 2.79. The maximum Gasteiger partial charge on any atom is 0.0356 e. The molecule has 1 aromatic heterocycles. The zero-order chi connectivity index (χ0) is 10.7. The Bertz CT molecular complexity index is 311. The molecular weight excluding hydrogens is 186 g/mol. The summed E-state index contributed by atoms with van der Waals surface area (Å²) in [5, 5.41) is 3.20. The molecule has 1 fully saturated rings. The minimum atomic E-state index is 0.955. The van der Waals surface area contributed by atoms with E-state index < -0.39 is 0 Å². The number of hydrogen-bond donors (Lipinski definition) is 1. The average molecular weight is 207 g/mol. The van der Waals surface area contributed by atoms with Gasteiger partial charge in [0.15, 0.2) is 0 Å². The fourth-order valence-corrected chi connectivity index (χ4v) is 2.33. The molecule has 84 valence electrons. The van der Waals surface area contributed by atoms with Gasteiger partial charge < -0.3 is 9.88 Å². The molecule has 1 N–H and O–H groups in total. The van der Waals surface area contributed by atoms with Crippen molar-refractivity contribution < 1.29 is 0 Å².